The number of hydroxylamine groups is 2. The number of hydrogen-bond acceptors (Lipinski definition) is 4. The van der Waals surface area contributed by atoms with Crippen LogP contribution in [0.5, 0.6) is 0 Å². The minimum Gasteiger partial charge on any atom is -0.394 e. The Morgan fingerprint density at radius 3 is 2.18 bits per heavy atom. The van der Waals surface area contributed by atoms with Gasteiger partial charge in [0, 0.05) is 6.42 Å². The largest absolute Gasteiger partial charge is 0.394 e. The van der Waals surface area contributed by atoms with Gasteiger partial charge in [-0.2, -0.15) is 0 Å². The molecule has 0 atom stereocenters. The zero-order chi connectivity index (χ0) is 8.48. The average molecular weight is 161 g/mol. The van der Waals surface area contributed by atoms with Gasteiger partial charge in [-0.1, -0.05) is 0 Å². The lowest BCUT2D eigenvalue weighted by molar-refractivity contribution is -0.192. The molecule has 0 unspecified atom stereocenters. The summed E-state index contributed by atoms with van der Waals surface area (Å²) in [6.45, 7) is -0.822. The van der Waals surface area contributed by atoms with Crippen molar-refractivity contribution in [3.05, 3.63) is 0 Å². The Bertz CT molecular complexity index is 166. The minimum atomic E-state index is -1.14. The summed E-state index contributed by atoms with van der Waals surface area (Å²) in [6, 6.07) is 0. The number of aliphatic hydroxyl groups excluding tert-OH is 2. The van der Waals surface area contributed by atoms with Gasteiger partial charge in [-0.05, 0) is 6.42 Å². The Balaban J connectivity index is 2.77. The Labute approximate surface area is 63.8 Å². The summed E-state index contributed by atoms with van der Waals surface area (Å²) >= 11 is 0. The summed E-state index contributed by atoms with van der Waals surface area (Å²) in [5.74, 6) is -0.451. The van der Waals surface area contributed by atoms with E-state index in [1.165, 1.54) is 0 Å². The topological polar surface area (TPSA) is 81.0 Å². The molecule has 0 spiro atoms. The monoisotopic (exact) mass is 161 g/mol. The second kappa shape index (κ2) is 2.77. The van der Waals surface area contributed by atoms with Gasteiger partial charge in [-0.15, -0.1) is 0 Å². The van der Waals surface area contributed by atoms with Crippen molar-refractivity contribution in [2.75, 3.05) is 13.2 Å². The van der Waals surface area contributed by atoms with E-state index in [2.05, 4.69) is 0 Å². The van der Waals surface area contributed by atoms with Crippen LogP contribution in [-0.4, -0.2) is 45.1 Å². The van der Waals surface area contributed by atoms with E-state index < -0.39 is 24.7 Å². The van der Waals surface area contributed by atoms with Gasteiger partial charge in [0.05, 0.1) is 13.2 Å². The van der Waals surface area contributed by atoms with Gasteiger partial charge in [-0.25, -0.2) is 5.06 Å². The normalized spacial score (nSPS) is 22.8. The molecule has 3 N–H and O–H groups in total. The first-order chi connectivity index (χ1) is 5.16. The third kappa shape index (κ3) is 1.11. The number of amides is 1. The van der Waals surface area contributed by atoms with E-state index in [0.717, 1.165) is 0 Å². The highest BCUT2D eigenvalue weighted by atomic mass is 16.5. The van der Waals surface area contributed by atoms with Gasteiger partial charge >= 0.3 is 0 Å². The third-order valence-electron chi connectivity index (χ3n) is 2.08. The van der Waals surface area contributed by atoms with Crippen LogP contribution in [0.3, 0.4) is 0 Å². The molecule has 0 bridgehead atoms. The van der Waals surface area contributed by atoms with E-state index in [-0.39, 0.29) is 6.42 Å². The van der Waals surface area contributed by atoms with Crippen LogP contribution in [0.25, 0.3) is 0 Å². The van der Waals surface area contributed by atoms with E-state index in [0.29, 0.717) is 11.5 Å². The van der Waals surface area contributed by atoms with Gasteiger partial charge in [-0.3, -0.25) is 10.0 Å². The molecule has 1 rings (SSSR count). The van der Waals surface area contributed by atoms with Gasteiger partial charge in [0.25, 0.3) is 0 Å². The van der Waals surface area contributed by atoms with Crippen molar-refractivity contribution >= 4 is 5.91 Å². The molecule has 0 radical (unpaired) electrons. The molecule has 1 aliphatic heterocycles. The molecule has 5 heteroatoms. The van der Waals surface area contributed by atoms with E-state index in [1.807, 2.05) is 0 Å². The van der Waals surface area contributed by atoms with Crippen LogP contribution >= 0.6 is 0 Å². The second-order valence-electron chi connectivity index (χ2n) is 2.75. The molecule has 0 aromatic heterocycles. The number of carbonyl (C=O) groups is 1. The lowest BCUT2D eigenvalue weighted by Gasteiger charge is -2.29. The quantitative estimate of drug-likeness (QED) is 0.441. The van der Waals surface area contributed by atoms with Crippen molar-refractivity contribution in [3.8, 4) is 0 Å². The smallest absolute Gasteiger partial charge is 0.246 e. The summed E-state index contributed by atoms with van der Waals surface area (Å²) < 4.78 is 0. The summed E-state index contributed by atoms with van der Waals surface area (Å²) in [5, 5.41) is 27.1. The fraction of sp³-hybridized carbons (Fsp3) is 0.833. The van der Waals surface area contributed by atoms with Crippen molar-refractivity contribution in [2.24, 2.45) is 0 Å². The molecule has 1 saturated heterocycles. The Kier molecular flexibility index (Phi) is 2.12. The van der Waals surface area contributed by atoms with Crippen LogP contribution in [0.15, 0.2) is 0 Å². The number of nitrogens with zero attached hydrogens (tertiary/aromatic N) is 1. The molecule has 1 fully saturated rings. The lowest BCUT2D eigenvalue weighted by atomic mass is 10.0. The minimum absolute atomic E-state index is 0.178. The maximum absolute atomic E-state index is 10.8. The molecule has 0 aromatic rings. The zero-order valence-corrected chi connectivity index (χ0v) is 6.03. The highest BCUT2D eigenvalue weighted by molar-refractivity contribution is 5.78. The van der Waals surface area contributed by atoms with Crippen LogP contribution in [-0.2, 0) is 4.79 Å². The molecular weight excluding hydrogens is 150 g/mol. The summed E-state index contributed by atoms with van der Waals surface area (Å²) in [7, 11) is 0. The molecular formula is C6H11NO4. The van der Waals surface area contributed by atoms with Gasteiger partial charge < -0.3 is 10.2 Å². The predicted octanol–water partition coefficient (Wildman–Crippen LogP) is -1.28. The Hall–Kier alpha value is -0.650. The van der Waals surface area contributed by atoms with E-state index in [1.54, 1.807) is 0 Å². The van der Waals surface area contributed by atoms with E-state index in [4.69, 9.17) is 15.4 Å². The molecule has 1 aliphatic rings. The summed E-state index contributed by atoms with van der Waals surface area (Å²) in [4.78, 5) is 10.8. The molecule has 1 amide bonds. The Morgan fingerprint density at radius 1 is 1.45 bits per heavy atom. The second-order valence-corrected chi connectivity index (χ2v) is 2.75. The number of hydrogen-bond donors (Lipinski definition) is 3. The highest BCUT2D eigenvalue weighted by Gasteiger charge is 2.44. The summed E-state index contributed by atoms with van der Waals surface area (Å²) in [6.07, 6.45) is 0.479. The van der Waals surface area contributed by atoms with Crippen molar-refractivity contribution in [2.45, 2.75) is 18.4 Å². The van der Waals surface area contributed by atoms with Crippen LogP contribution in [0, 0.1) is 0 Å². The van der Waals surface area contributed by atoms with Gasteiger partial charge in [0.15, 0.2) is 0 Å². The fourth-order valence-electron chi connectivity index (χ4n) is 1.16. The molecule has 0 aliphatic carbocycles. The highest BCUT2D eigenvalue weighted by Crippen LogP contribution is 2.27. The Morgan fingerprint density at radius 2 is 2.00 bits per heavy atom. The number of rotatable bonds is 2. The third-order valence-corrected chi connectivity index (χ3v) is 2.08. The molecule has 0 saturated carbocycles. The van der Waals surface area contributed by atoms with Crippen LogP contribution < -0.4 is 0 Å². The molecule has 0 aromatic carbocycles. The first kappa shape index (κ1) is 8.45. The lowest BCUT2D eigenvalue weighted by Crippen LogP contribution is -2.49. The molecule has 64 valence electrons. The zero-order valence-electron chi connectivity index (χ0n) is 6.03. The maximum atomic E-state index is 10.8. The predicted molar refractivity (Wildman–Crippen MR) is 34.8 cm³/mol. The van der Waals surface area contributed by atoms with Crippen molar-refractivity contribution in [1.82, 2.24) is 5.06 Å². The van der Waals surface area contributed by atoms with E-state index >= 15 is 0 Å². The molecule has 5 nitrogen and oxygen atoms in total. The summed E-state index contributed by atoms with van der Waals surface area (Å²) in [5.41, 5.74) is -1.14. The van der Waals surface area contributed by atoms with Crippen LogP contribution in [0.1, 0.15) is 12.8 Å². The van der Waals surface area contributed by atoms with Crippen LogP contribution in [0.4, 0.5) is 0 Å². The van der Waals surface area contributed by atoms with Crippen molar-refractivity contribution in [1.29, 1.82) is 0 Å². The van der Waals surface area contributed by atoms with Crippen LogP contribution in [0.2, 0.25) is 0 Å². The standard InChI is InChI=1S/C6H11NO4/c8-3-6(4-9)2-1-5(10)7(6)11/h8-9,11H,1-4H2. The first-order valence-electron chi connectivity index (χ1n) is 3.40. The first-order valence-corrected chi connectivity index (χ1v) is 3.40. The van der Waals surface area contributed by atoms with Gasteiger partial charge in [0.1, 0.15) is 5.54 Å². The van der Waals surface area contributed by atoms with Crippen molar-refractivity contribution < 1.29 is 20.2 Å². The fourth-order valence-corrected chi connectivity index (χ4v) is 1.16. The van der Waals surface area contributed by atoms with Crippen molar-refractivity contribution in [3.63, 3.8) is 0 Å². The average Bonchev–Trinajstić information content (AvgIpc) is 2.32. The number of carbonyl (C=O) groups excluding carboxylic acids is 1. The maximum Gasteiger partial charge on any atom is 0.246 e. The number of aliphatic hydroxyl groups is 2. The van der Waals surface area contributed by atoms with E-state index in [9.17, 15) is 4.79 Å². The SMILES string of the molecule is O=C1CCC(CO)(CO)N1O. The van der Waals surface area contributed by atoms with Gasteiger partial charge in [0.2, 0.25) is 5.91 Å². The molecule has 1 heterocycles. The molecule has 11 heavy (non-hydrogen) atoms.